The van der Waals surface area contributed by atoms with Crippen LogP contribution in [0.2, 0.25) is 0 Å². The summed E-state index contributed by atoms with van der Waals surface area (Å²) < 4.78 is 0. The maximum atomic E-state index is 11.2. The lowest BCUT2D eigenvalue weighted by Gasteiger charge is -2.05. The molecule has 4 heteroatoms. The maximum absolute atomic E-state index is 11.2. The van der Waals surface area contributed by atoms with Crippen molar-refractivity contribution in [2.45, 2.75) is 6.04 Å². The minimum absolute atomic E-state index is 0.374. The largest absolute Gasteiger partial charge is 0.368 e. The number of hydrazine groups is 1. The van der Waals surface area contributed by atoms with Crippen molar-refractivity contribution < 1.29 is 4.79 Å². The van der Waals surface area contributed by atoms with Gasteiger partial charge in [0.1, 0.15) is 6.04 Å². The highest BCUT2D eigenvalue weighted by Gasteiger charge is 2.27. The Bertz CT molecular complexity index is 579. The van der Waals surface area contributed by atoms with Crippen molar-refractivity contribution in [1.29, 1.82) is 0 Å². The highest BCUT2D eigenvalue weighted by molar-refractivity contribution is 5.99. The van der Waals surface area contributed by atoms with Crippen LogP contribution in [0, 0.1) is 0 Å². The van der Waals surface area contributed by atoms with Gasteiger partial charge in [-0.05, 0) is 5.39 Å². The Morgan fingerprint density at radius 1 is 1.19 bits per heavy atom. The first-order chi connectivity index (χ1) is 7.77. The van der Waals surface area contributed by atoms with E-state index < -0.39 is 6.04 Å². The van der Waals surface area contributed by atoms with Crippen LogP contribution in [0.5, 0.6) is 0 Å². The van der Waals surface area contributed by atoms with E-state index >= 15 is 0 Å². The van der Waals surface area contributed by atoms with Gasteiger partial charge in [-0.15, -0.1) is 0 Å². The normalized spacial score (nSPS) is 18.1. The summed E-state index contributed by atoms with van der Waals surface area (Å²) in [6, 6.07) is 11.5. The van der Waals surface area contributed by atoms with Gasteiger partial charge in [0, 0.05) is 10.9 Å². The molecule has 3 rings (SSSR count). The van der Waals surface area contributed by atoms with Crippen molar-refractivity contribution in [1.82, 2.24) is 5.43 Å². The molecule has 1 heterocycles. The van der Waals surface area contributed by atoms with Gasteiger partial charge in [-0.1, -0.05) is 36.4 Å². The molecule has 1 amide bonds. The van der Waals surface area contributed by atoms with Crippen molar-refractivity contribution in [2.75, 3.05) is 5.43 Å². The zero-order valence-corrected chi connectivity index (χ0v) is 8.53. The van der Waals surface area contributed by atoms with Gasteiger partial charge >= 0.3 is 0 Å². The predicted octanol–water partition coefficient (Wildman–Crippen LogP) is 1.30. The highest BCUT2D eigenvalue weighted by atomic mass is 16.1. The van der Waals surface area contributed by atoms with Gasteiger partial charge in [0.25, 0.3) is 0 Å². The van der Waals surface area contributed by atoms with Crippen LogP contribution < -0.4 is 16.6 Å². The third-order valence-corrected chi connectivity index (χ3v) is 2.90. The number of carbonyl (C=O) groups excluding carboxylic acids is 1. The number of hydrogen-bond acceptors (Lipinski definition) is 3. The van der Waals surface area contributed by atoms with E-state index in [1.165, 1.54) is 0 Å². The van der Waals surface area contributed by atoms with Gasteiger partial charge in [-0.3, -0.25) is 4.79 Å². The summed E-state index contributed by atoms with van der Waals surface area (Å²) in [5.74, 6) is -0.374. The number of carbonyl (C=O) groups is 1. The van der Waals surface area contributed by atoms with E-state index in [0.29, 0.717) is 0 Å². The minimum Gasteiger partial charge on any atom is -0.368 e. The van der Waals surface area contributed by atoms with Crippen LogP contribution in [-0.2, 0) is 4.79 Å². The summed E-state index contributed by atoms with van der Waals surface area (Å²) in [5, 5.41) is 2.23. The number of nitrogens with two attached hydrogens (primary N) is 1. The van der Waals surface area contributed by atoms with E-state index in [1.54, 1.807) is 0 Å². The SMILES string of the molecule is NC(=O)C1NNc2c1ccc1ccccc21. The number of fused-ring (bicyclic) bond motifs is 3. The van der Waals surface area contributed by atoms with Gasteiger partial charge in [-0.2, -0.15) is 0 Å². The smallest absolute Gasteiger partial charge is 0.241 e. The first kappa shape index (κ1) is 9.18. The predicted molar refractivity (Wildman–Crippen MR) is 62.6 cm³/mol. The van der Waals surface area contributed by atoms with Crippen molar-refractivity contribution in [3.8, 4) is 0 Å². The van der Waals surface area contributed by atoms with Crippen LogP contribution in [0.15, 0.2) is 36.4 Å². The molecule has 80 valence electrons. The second-order valence-electron chi connectivity index (χ2n) is 3.86. The van der Waals surface area contributed by atoms with Crippen molar-refractivity contribution >= 4 is 22.4 Å². The molecule has 1 aliphatic rings. The van der Waals surface area contributed by atoms with E-state index in [1.807, 2.05) is 36.4 Å². The molecule has 4 nitrogen and oxygen atoms in total. The van der Waals surface area contributed by atoms with Gasteiger partial charge in [0.2, 0.25) is 5.91 Å². The summed E-state index contributed by atoms with van der Waals surface area (Å²) >= 11 is 0. The summed E-state index contributed by atoms with van der Waals surface area (Å²) in [5.41, 5.74) is 13.1. The molecule has 0 saturated heterocycles. The number of nitrogens with one attached hydrogen (secondary N) is 2. The van der Waals surface area contributed by atoms with Gasteiger partial charge in [0.05, 0.1) is 5.69 Å². The number of benzene rings is 2. The summed E-state index contributed by atoms with van der Waals surface area (Å²) in [6.07, 6.45) is 0. The molecule has 2 aromatic rings. The van der Waals surface area contributed by atoms with E-state index in [2.05, 4.69) is 10.9 Å². The number of hydrogen-bond donors (Lipinski definition) is 3. The first-order valence-electron chi connectivity index (χ1n) is 5.10. The molecule has 0 bridgehead atoms. The van der Waals surface area contributed by atoms with E-state index in [4.69, 9.17) is 5.73 Å². The fourth-order valence-corrected chi connectivity index (χ4v) is 2.11. The monoisotopic (exact) mass is 213 g/mol. The number of anilines is 1. The average molecular weight is 213 g/mol. The second kappa shape index (κ2) is 3.21. The lowest BCUT2D eigenvalue weighted by molar-refractivity contribution is -0.119. The Kier molecular flexibility index (Phi) is 1.84. The van der Waals surface area contributed by atoms with Crippen molar-refractivity contribution in [2.24, 2.45) is 5.73 Å². The molecule has 0 radical (unpaired) electrons. The third-order valence-electron chi connectivity index (χ3n) is 2.90. The molecule has 1 aliphatic heterocycles. The molecule has 4 N–H and O–H groups in total. The summed E-state index contributed by atoms with van der Waals surface area (Å²) in [4.78, 5) is 11.2. The van der Waals surface area contributed by atoms with Gasteiger partial charge in [-0.25, -0.2) is 5.43 Å². The van der Waals surface area contributed by atoms with Gasteiger partial charge in [0.15, 0.2) is 0 Å². The van der Waals surface area contributed by atoms with Crippen molar-refractivity contribution in [3.05, 3.63) is 42.0 Å². The lowest BCUT2D eigenvalue weighted by atomic mass is 10.0. The topological polar surface area (TPSA) is 67.2 Å². The van der Waals surface area contributed by atoms with Crippen LogP contribution >= 0.6 is 0 Å². The highest BCUT2D eigenvalue weighted by Crippen LogP contribution is 2.34. The molecule has 0 aliphatic carbocycles. The Labute approximate surface area is 92.4 Å². The molecule has 0 saturated carbocycles. The van der Waals surface area contributed by atoms with E-state index in [-0.39, 0.29) is 5.91 Å². The molecule has 1 atom stereocenters. The summed E-state index contributed by atoms with van der Waals surface area (Å²) in [7, 11) is 0. The molecule has 0 fully saturated rings. The quantitative estimate of drug-likeness (QED) is 0.668. The number of amides is 1. The molecular weight excluding hydrogens is 202 g/mol. The Morgan fingerprint density at radius 2 is 2.00 bits per heavy atom. The zero-order valence-electron chi connectivity index (χ0n) is 8.53. The molecule has 2 aromatic carbocycles. The van der Waals surface area contributed by atoms with Crippen LogP contribution in [-0.4, -0.2) is 5.91 Å². The molecule has 0 aromatic heterocycles. The van der Waals surface area contributed by atoms with Crippen LogP contribution in [0.1, 0.15) is 11.6 Å². The molecule has 16 heavy (non-hydrogen) atoms. The molecular formula is C12H11N3O. The lowest BCUT2D eigenvalue weighted by Crippen LogP contribution is -2.31. The Balaban J connectivity index is 2.26. The average Bonchev–Trinajstić information content (AvgIpc) is 2.73. The molecule has 1 unspecified atom stereocenters. The summed E-state index contributed by atoms with van der Waals surface area (Å²) in [6.45, 7) is 0. The second-order valence-corrected chi connectivity index (χ2v) is 3.86. The number of primary amides is 1. The van der Waals surface area contributed by atoms with Crippen LogP contribution in [0.3, 0.4) is 0 Å². The zero-order chi connectivity index (χ0) is 11.1. The number of rotatable bonds is 1. The first-order valence-corrected chi connectivity index (χ1v) is 5.10. The Morgan fingerprint density at radius 3 is 2.81 bits per heavy atom. The standard InChI is InChI=1S/C12H11N3O/c13-12(16)11-9-6-5-7-3-1-2-4-8(7)10(9)14-15-11/h1-6,11,14-15H,(H2,13,16). The fraction of sp³-hybridized carbons (Fsp3) is 0.0833. The minimum atomic E-state index is -0.445. The van der Waals surface area contributed by atoms with Crippen LogP contribution in [0.25, 0.3) is 10.8 Å². The van der Waals surface area contributed by atoms with E-state index in [9.17, 15) is 4.79 Å². The van der Waals surface area contributed by atoms with Crippen molar-refractivity contribution in [3.63, 3.8) is 0 Å². The van der Waals surface area contributed by atoms with Crippen LogP contribution in [0.4, 0.5) is 5.69 Å². The Hall–Kier alpha value is -2.07. The molecule has 0 spiro atoms. The fourth-order valence-electron chi connectivity index (χ4n) is 2.11. The third kappa shape index (κ3) is 1.17. The maximum Gasteiger partial charge on any atom is 0.241 e. The van der Waals surface area contributed by atoms with Gasteiger partial charge < -0.3 is 11.2 Å². The van der Waals surface area contributed by atoms with E-state index in [0.717, 1.165) is 22.0 Å².